The molecule has 0 bridgehead atoms. The summed E-state index contributed by atoms with van der Waals surface area (Å²) in [6.07, 6.45) is 2.42. The predicted molar refractivity (Wildman–Crippen MR) is 140 cm³/mol. The van der Waals surface area contributed by atoms with E-state index < -0.39 is 5.41 Å². The van der Waals surface area contributed by atoms with Gasteiger partial charge in [0, 0.05) is 41.1 Å². The number of hydrogen-bond donors (Lipinski definition) is 1. The summed E-state index contributed by atoms with van der Waals surface area (Å²) in [5.74, 6) is -0.274. The molecule has 0 fully saturated rings. The highest BCUT2D eigenvalue weighted by molar-refractivity contribution is 6.04. The Morgan fingerprint density at radius 2 is 1.89 bits per heavy atom. The molecule has 0 saturated heterocycles. The fourth-order valence-electron chi connectivity index (χ4n) is 4.20. The van der Waals surface area contributed by atoms with E-state index in [2.05, 4.69) is 16.4 Å². The Morgan fingerprint density at radius 1 is 1.11 bits per heavy atom. The molecule has 4 aromatic rings. The quantitative estimate of drug-likeness (QED) is 0.413. The Morgan fingerprint density at radius 3 is 2.60 bits per heavy atom. The van der Waals surface area contributed by atoms with E-state index in [1.165, 1.54) is 0 Å². The number of benzene rings is 2. The average molecular weight is 465 g/mol. The van der Waals surface area contributed by atoms with E-state index in [1.54, 1.807) is 36.0 Å². The topological polar surface area (TPSA) is 87.8 Å². The highest BCUT2D eigenvalue weighted by atomic mass is 16.1. The van der Waals surface area contributed by atoms with Crippen molar-refractivity contribution in [1.29, 1.82) is 5.26 Å². The second kappa shape index (κ2) is 9.19. The number of carbonyl (C=O) groups is 1. The molecular weight excluding hydrogens is 436 g/mol. The zero-order chi connectivity index (χ0) is 25.3. The molecule has 2 aromatic carbocycles. The van der Waals surface area contributed by atoms with E-state index >= 15 is 0 Å². The largest absolute Gasteiger partial charge is 0.322 e. The fourth-order valence-corrected chi connectivity index (χ4v) is 4.20. The van der Waals surface area contributed by atoms with Crippen molar-refractivity contribution in [1.82, 2.24) is 9.55 Å². The number of rotatable bonds is 5. The maximum atomic E-state index is 13.2. The number of aryl methyl sites for hydroxylation is 3. The first-order valence-corrected chi connectivity index (χ1v) is 11.6. The summed E-state index contributed by atoms with van der Waals surface area (Å²) in [5.41, 5.74) is 5.00. The van der Waals surface area contributed by atoms with Gasteiger partial charge in [-0.1, -0.05) is 25.1 Å². The summed E-state index contributed by atoms with van der Waals surface area (Å²) >= 11 is 0. The van der Waals surface area contributed by atoms with Crippen molar-refractivity contribution >= 4 is 22.5 Å². The molecule has 1 unspecified atom stereocenters. The maximum absolute atomic E-state index is 13.2. The first kappa shape index (κ1) is 23.9. The van der Waals surface area contributed by atoms with Gasteiger partial charge in [-0.15, -0.1) is 0 Å². The number of carbonyl (C=O) groups excluding carboxylic acids is 1. The van der Waals surface area contributed by atoms with Gasteiger partial charge in [-0.25, -0.2) is 0 Å². The van der Waals surface area contributed by atoms with Crippen LogP contribution in [0.5, 0.6) is 0 Å². The van der Waals surface area contributed by atoms with Crippen LogP contribution >= 0.6 is 0 Å². The average Bonchev–Trinajstić information content (AvgIpc) is 2.87. The fraction of sp³-hybridized carbons (Fsp3) is 0.241. The number of pyridine rings is 2. The molecule has 1 atom stereocenters. The highest BCUT2D eigenvalue weighted by Crippen LogP contribution is 2.29. The molecule has 2 aromatic heterocycles. The molecule has 4 rings (SSSR count). The molecule has 1 amide bonds. The number of nitrogens with zero attached hydrogens (tertiary/aromatic N) is 3. The van der Waals surface area contributed by atoms with Gasteiger partial charge < -0.3 is 9.88 Å². The van der Waals surface area contributed by atoms with Gasteiger partial charge in [0.2, 0.25) is 0 Å². The molecule has 35 heavy (non-hydrogen) atoms. The third-order valence-corrected chi connectivity index (χ3v) is 6.75. The maximum Gasteiger partial charge on any atom is 0.258 e. The van der Waals surface area contributed by atoms with Gasteiger partial charge in [-0.3, -0.25) is 14.6 Å². The Hall–Kier alpha value is -4.24. The molecule has 0 aliphatic rings. The van der Waals surface area contributed by atoms with E-state index in [9.17, 15) is 14.9 Å². The lowest BCUT2D eigenvalue weighted by molar-refractivity contribution is 0.102. The Labute approximate surface area is 204 Å². The zero-order valence-electron chi connectivity index (χ0n) is 20.6. The van der Waals surface area contributed by atoms with Crippen molar-refractivity contribution in [2.45, 2.75) is 39.5 Å². The normalized spacial score (nSPS) is 12.7. The summed E-state index contributed by atoms with van der Waals surface area (Å²) in [6.45, 7) is 7.66. The number of anilines is 1. The lowest BCUT2D eigenvalue weighted by Crippen LogP contribution is -2.20. The van der Waals surface area contributed by atoms with Crippen molar-refractivity contribution in [3.63, 3.8) is 0 Å². The van der Waals surface area contributed by atoms with Gasteiger partial charge >= 0.3 is 0 Å². The number of hydrogen-bond acceptors (Lipinski definition) is 4. The van der Waals surface area contributed by atoms with Crippen LogP contribution in [0, 0.1) is 25.2 Å². The third-order valence-electron chi connectivity index (χ3n) is 6.75. The number of aromatic nitrogens is 2. The van der Waals surface area contributed by atoms with Gasteiger partial charge in [-0.05, 0) is 80.3 Å². The molecule has 2 heterocycles. The molecule has 1 N–H and O–H groups in total. The summed E-state index contributed by atoms with van der Waals surface area (Å²) in [6, 6.07) is 18.8. The van der Waals surface area contributed by atoms with Crippen molar-refractivity contribution in [2.75, 3.05) is 5.32 Å². The van der Waals surface area contributed by atoms with Gasteiger partial charge in [0.1, 0.15) is 0 Å². The van der Waals surface area contributed by atoms with Crippen LogP contribution in [-0.4, -0.2) is 15.5 Å². The monoisotopic (exact) mass is 464 g/mol. The minimum Gasteiger partial charge on any atom is -0.322 e. The van der Waals surface area contributed by atoms with Gasteiger partial charge in [0.25, 0.3) is 11.5 Å². The predicted octanol–water partition coefficient (Wildman–Crippen LogP) is 5.66. The van der Waals surface area contributed by atoms with E-state index in [-0.39, 0.29) is 11.5 Å². The van der Waals surface area contributed by atoms with Crippen LogP contribution in [0.15, 0.2) is 65.6 Å². The first-order chi connectivity index (χ1) is 16.7. The van der Waals surface area contributed by atoms with Crippen LogP contribution in [0.25, 0.3) is 22.0 Å². The minimum atomic E-state index is -0.656. The standard InChI is InChI=1S/C29H28N4O2/c1-6-29(4,17-30)22-9-7-8-20(13-22)27(34)32-23-11-10-18(2)24(15-23)25-14-21-16-31-19(3)12-26(21)33(5)28(25)35/h7-16H,6H2,1-5H3,(H,32,34). The van der Waals surface area contributed by atoms with E-state index in [0.717, 1.165) is 33.3 Å². The van der Waals surface area contributed by atoms with Crippen LogP contribution in [0.1, 0.15) is 47.4 Å². The van der Waals surface area contributed by atoms with E-state index in [1.807, 2.05) is 64.1 Å². The van der Waals surface area contributed by atoms with Crippen molar-refractivity contribution in [3.8, 4) is 17.2 Å². The Balaban J connectivity index is 1.71. The third kappa shape index (κ3) is 4.45. The molecule has 0 saturated carbocycles. The smallest absolute Gasteiger partial charge is 0.258 e. The molecular formula is C29H28N4O2. The number of nitriles is 1. The van der Waals surface area contributed by atoms with Crippen LogP contribution in [0.3, 0.4) is 0 Å². The second-order valence-corrected chi connectivity index (χ2v) is 9.17. The molecule has 0 radical (unpaired) electrons. The van der Waals surface area contributed by atoms with Crippen LogP contribution < -0.4 is 10.9 Å². The summed E-state index contributed by atoms with van der Waals surface area (Å²) in [4.78, 5) is 30.7. The van der Waals surface area contributed by atoms with Gasteiger partial charge in [-0.2, -0.15) is 5.26 Å². The van der Waals surface area contributed by atoms with E-state index in [4.69, 9.17) is 0 Å². The van der Waals surface area contributed by atoms with Gasteiger partial charge in [0.15, 0.2) is 0 Å². The highest BCUT2D eigenvalue weighted by Gasteiger charge is 2.25. The molecule has 0 aliphatic carbocycles. The number of fused-ring (bicyclic) bond motifs is 1. The van der Waals surface area contributed by atoms with Gasteiger partial charge in [0.05, 0.1) is 17.0 Å². The SMILES string of the molecule is CCC(C)(C#N)c1cccc(C(=O)Nc2ccc(C)c(-c3cc4cnc(C)cc4n(C)c3=O)c2)c1. The van der Waals surface area contributed by atoms with Crippen LogP contribution in [0.2, 0.25) is 0 Å². The summed E-state index contributed by atoms with van der Waals surface area (Å²) in [5, 5.41) is 13.4. The molecule has 0 spiro atoms. The van der Waals surface area contributed by atoms with Crippen molar-refractivity contribution in [3.05, 3.63) is 93.5 Å². The lowest BCUT2D eigenvalue weighted by Gasteiger charge is -2.20. The zero-order valence-corrected chi connectivity index (χ0v) is 20.6. The van der Waals surface area contributed by atoms with Crippen LogP contribution in [-0.2, 0) is 12.5 Å². The molecule has 0 aliphatic heterocycles. The van der Waals surface area contributed by atoms with E-state index in [0.29, 0.717) is 23.2 Å². The second-order valence-electron chi connectivity index (χ2n) is 9.17. The Kier molecular flexibility index (Phi) is 6.27. The molecule has 6 heteroatoms. The Bertz CT molecular complexity index is 1560. The number of amides is 1. The lowest BCUT2D eigenvalue weighted by atomic mass is 9.81. The minimum absolute atomic E-state index is 0.113. The summed E-state index contributed by atoms with van der Waals surface area (Å²) < 4.78 is 1.63. The molecule has 176 valence electrons. The van der Waals surface area contributed by atoms with Crippen LogP contribution in [0.4, 0.5) is 5.69 Å². The van der Waals surface area contributed by atoms with Crippen molar-refractivity contribution < 1.29 is 4.79 Å². The summed E-state index contributed by atoms with van der Waals surface area (Å²) in [7, 11) is 1.76. The van der Waals surface area contributed by atoms with Crippen molar-refractivity contribution in [2.24, 2.45) is 7.05 Å². The first-order valence-electron chi connectivity index (χ1n) is 11.6. The number of nitrogens with one attached hydrogen (secondary N) is 1. The molecule has 6 nitrogen and oxygen atoms in total.